The van der Waals surface area contributed by atoms with Crippen LogP contribution in [0, 0.1) is 5.82 Å². The van der Waals surface area contributed by atoms with Crippen molar-refractivity contribution in [1.29, 1.82) is 0 Å². The minimum Gasteiger partial charge on any atom is -0.465 e. The smallest absolute Gasteiger partial charge is 0.331 e. The maximum Gasteiger partial charge on any atom is 0.331 e. The standard InChI is InChI=1S/C22H24FN5O4/c1-2-32-16(29)12-27-18-17(19(24)30)25-20(13-7-6-8-14(23)11-13)26-21(18)28(22(27)31)15-9-4-3-5-10-15/h6-8,11,15H,2-5,9-10,12H2,1H3,(H2,24,30). The van der Waals surface area contributed by atoms with Crippen molar-refractivity contribution in [2.45, 2.75) is 51.6 Å². The Balaban J connectivity index is 2.01. The van der Waals surface area contributed by atoms with Gasteiger partial charge in [-0.25, -0.2) is 19.2 Å². The van der Waals surface area contributed by atoms with E-state index < -0.39 is 29.9 Å². The van der Waals surface area contributed by atoms with Gasteiger partial charge in [-0.2, -0.15) is 0 Å². The van der Waals surface area contributed by atoms with Crippen LogP contribution >= 0.6 is 0 Å². The Labute approximate surface area is 183 Å². The largest absolute Gasteiger partial charge is 0.465 e. The minimum absolute atomic E-state index is 0.0728. The summed E-state index contributed by atoms with van der Waals surface area (Å²) >= 11 is 0. The lowest BCUT2D eigenvalue weighted by molar-refractivity contribution is -0.143. The van der Waals surface area contributed by atoms with Crippen LogP contribution in [-0.4, -0.2) is 37.6 Å². The summed E-state index contributed by atoms with van der Waals surface area (Å²) in [6.07, 6.45) is 4.51. The first-order chi connectivity index (χ1) is 15.4. The summed E-state index contributed by atoms with van der Waals surface area (Å²) in [6, 6.07) is 5.49. The Morgan fingerprint density at radius 3 is 2.62 bits per heavy atom. The van der Waals surface area contributed by atoms with E-state index in [0.29, 0.717) is 5.56 Å². The first-order valence-corrected chi connectivity index (χ1v) is 10.6. The van der Waals surface area contributed by atoms with Gasteiger partial charge in [0, 0.05) is 11.6 Å². The van der Waals surface area contributed by atoms with Crippen molar-refractivity contribution >= 4 is 23.0 Å². The number of halogens is 1. The zero-order valence-electron chi connectivity index (χ0n) is 17.7. The average molecular weight is 441 g/mol. The van der Waals surface area contributed by atoms with E-state index in [2.05, 4.69) is 9.97 Å². The third kappa shape index (κ3) is 4.00. The molecule has 0 spiro atoms. The van der Waals surface area contributed by atoms with Crippen LogP contribution in [-0.2, 0) is 16.1 Å². The van der Waals surface area contributed by atoms with E-state index in [1.807, 2.05) is 0 Å². The summed E-state index contributed by atoms with van der Waals surface area (Å²) in [5.74, 6) is -1.92. The van der Waals surface area contributed by atoms with Crippen molar-refractivity contribution in [1.82, 2.24) is 19.1 Å². The molecule has 1 aliphatic rings. The van der Waals surface area contributed by atoms with Gasteiger partial charge < -0.3 is 10.5 Å². The number of aromatic nitrogens is 4. The number of rotatable bonds is 6. The van der Waals surface area contributed by atoms with Crippen LogP contribution in [0.3, 0.4) is 0 Å². The van der Waals surface area contributed by atoms with Gasteiger partial charge in [0.05, 0.1) is 6.61 Å². The lowest BCUT2D eigenvalue weighted by Gasteiger charge is -2.22. The van der Waals surface area contributed by atoms with Gasteiger partial charge in [-0.05, 0) is 31.9 Å². The van der Waals surface area contributed by atoms with E-state index in [9.17, 15) is 18.8 Å². The number of ether oxygens (including phenoxy) is 1. The van der Waals surface area contributed by atoms with Crippen molar-refractivity contribution in [3.63, 3.8) is 0 Å². The Bertz CT molecular complexity index is 1240. The molecule has 1 saturated carbocycles. The number of primary amides is 1. The molecular formula is C22H24FN5O4. The van der Waals surface area contributed by atoms with Crippen molar-refractivity contribution in [3.8, 4) is 11.4 Å². The quantitative estimate of drug-likeness (QED) is 0.587. The number of amides is 1. The Morgan fingerprint density at radius 1 is 1.22 bits per heavy atom. The number of fused-ring (bicyclic) bond motifs is 1. The fourth-order valence-corrected chi connectivity index (χ4v) is 4.26. The lowest BCUT2D eigenvalue weighted by atomic mass is 9.95. The molecule has 0 radical (unpaired) electrons. The molecule has 1 aliphatic carbocycles. The molecule has 2 heterocycles. The van der Waals surface area contributed by atoms with Crippen molar-refractivity contribution in [2.24, 2.45) is 5.73 Å². The molecule has 9 nitrogen and oxygen atoms in total. The number of hydrogen-bond acceptors (Lipinski definition) is 6. The summed E-state index contributed by atoms with van der Waals surface area (Å²) in [4.78, 5) is 46.8. The van der Waals surface area contributed by atoms with E-state index in [1.165, 1.54) is 22.8 Å². The highest BCUT2D eigenvalue weighted by Gasteiger charge is 2.29. The fourth-order valence-electron chi connectivity index (χ4n) is 4.26. The lowest BCUT2D eigenvalue weighted by Crippen LogP contribution is -2.31. The first kappa shape index (κ1) is 21.7. The highest BCUT2D eigenvalue weighted by atomic mass is 19.1. The number of imidazole rings is 1. The van der Waals surface area contributed by atoms with Crippen molar-refractivity contribution in [3.05, 3.63) is 46.3 Å². The minimum atomic E-state index is -0.881. The number of benzene rings is 1. The van der Waals surface area contributed by atoms with Crippen LogP contribution in [0.15, 0.2) is 29.1 Å². The summed E-state index contributed by atoms with van der Waals surface area (Å²) < 4.78 is 21.5. The van der Waals surface area contributed by atoms with Crippen molar-refractivity contribution in [2.75, 3.05) is 6.61 Å². The number of esters is 1. The van der Waals surface area contributed by atoms with Gasteiger partial charge in [-0.1, -0.05) is 31.4 Å². The molecule has 4 rings (SSSR count). The molecule has 168 valence electrons. The third-order valence-corrected chi connectivity index (χ3v) is 5.65. The molecule has 32 heavy (non-hydrogen) atoms. The number of carbonyl (C=O) groups is 2. The third-order valence-electron chi connectivity index (χ3n) is 5.65. The Morgan fingerprint density at radius 2 is 1.97 bits per heavy atom. The number of nitrogens with two attached hydrogens (primary N) is 1. The average Bonchev–Trinajstić information content (AvgIpc) is 3.05. The maximum atomic E-state index is 13.8. The van der Waals surface area contributed by atoms with E-state index in [-0.39, 0.29) is 35.3 Å². The zero-order valence-corrected chi connectivity index (χ0v) is 17.7. The molecule has 10 heteroatoms. The van der Waals surface area contributed by atoms with E-state index in [1.54, 1.807) is 13.0 Å². The second-order valence-electron chi connectivity index (χ2n) is 7.78. The first-order valence-electron chi connectivity index (χ1n) is 10.6. The predicted molar refractivity (Wildman–Crippen MR) is 114 cm³/mol. The summed E-state index contributed by atoms with van der Waals surface area (Å²) in [5, 5.41) is 0. The molecule has 1 amide bonds. The molecule has 2 N–H and O–H groups in total. The fraction of sp³-hybridized carbons (Fsp3) is 0.409. The van der Waals surface area contributed by atoms with Gasteiger partial charge in [-0.3, -0.25) is 18.7 Å². The van der Waals surface area contributed by atoms with Gasteiger partial charge in [0.25, 0.3) is 5.91 Å². The molecule has 0 aliphatic heterocycles. The maximum absolute atomic E-state index is 13.8. The second kappa shape index (κ2) is 8.89. The molecule has 1 aromatic carbocycles. The van der Waals surface area contributed by atoms with E-state index in [0.717, 1.165) is 36.7 Å². The summed E-state index contributed by atoms with van der Waals surface area (Å²) in [7, 11) is 0. The number of carbonyl (C=O) groups excluding carboxylic acids is 2. The molecule has 0 saturated heterocycles. The predicted octanol–water partition coefficient (Wildman–Crippen LogP) is 2.57. The van der Waals surface area contributed by atoms with Gasteiger partial charge in [0.15, 0.2) is 17.2 Å². The van der Waals surface area contributed by atoms with Gasteiger partial charge in [-0.15, -0.1) is 0 Å². The van der Waals surface area contributed by atoms with Crippen molar-refractivity contribution < 1.29 is 18.7 Å². The molecule has 1 fully saturated rings. The van der Waals surface area contributed by atoms with Gasteiger partial charge in [0.2, 0.25) is 0 Å². The monoisotopic (exact) mass is 441 g/mol. The van der Waals surface area contributed by atoms with Crippen LogP contribution in [0.25, 0.3) is 22.6 Å². The van der Waals surface area contributed by atoms with Crippen LogP contribution in [0.4, 0.5) is 4.39 Å². The molecule has 0 bridgehead atoms. The highest BCUT2D eigenvalue weighted by molar-refractivity contribution is 6.02. The van der Waals surface area contributed by atoms with E-state index in [4.69, 9.17) is 10.5 Å². The highest BCUT2D eigenvalue weighted by Crippen LogP contribution is 2.31. The zero-order chi connectivity index (χ0) is 22.8. The van der Waals surface area contributed by atoms with Crippen LogP contribution < -0.4 is 11.4 Å². The van der Waals surface area contributed by atoms with Crippen LogP contribution in [0.2, 0.25) is 0 Å². The topological polar surface area (TPSA) is 122 Å². The van der Waals surface area contributed by atoms with Gasteiger partial charge in [0.1, 0.15) is 17.9 Å². The molecule has 0 atom stereocenters. The molecule has 0 unspecified atom stereocenters. The second-order valence-corrected chi connectivity index (χ2v) is 7.78. The molecule has 2 aromatic heterocycles. The Kier molecular flexibility index (Phi) is 6.02. The molecule has 3 aromatic rings. The van der Waals surface area contributed by atoms with E-state index >= 15 is 0 Å². The summed E-state index contributed by atoms with van der Waals surface area (Å²) in [6.45, 7) is 1.42. The van der Waals surface area contributed by atoms with Gasteiger partial charge >= 0.3 is 11.7 Å². The normalized spacial score (nSPS) is 14.6. The number of nitrogens with zero attached hydrogens (tertiary/aromatic N) is 4. The number of hydrogen-bond donors (Lipinski definition) is 1. The Hall–Kier alpha value is -3.56. The van der Waals surface area contributed by atoms with Crippen LogP contribution in [0.1, 0.15) is 55.6 Å². The summed E-state index contributed by atoms with van der Waals surface area (Å²) in [5.41, 5.74) is 5.56. The molecular weight excluding hydrogens is 417 g/mol. The van der Waals surface area contributed by atoms with Crippen LogP contribution in [0.5, 0.6) is 0 Å². The SMILES string of the molecule is CCOC(=O)Cn1c(=O)n(C2CCCCC2)c2nc(-c3cccc(F)c3)nc(C(N)=O)c21.